The molecular formula is C10H11F2NO2S. The number of alkyl halides is 1. The van der Waals surface area contributed by atoms with Crippen LogP contribution in [0.3, 0.4) is 0 Å². The highest BCUT2D eigenvalue weighted by Gasteiger charge is 2.20. The highest BCUT2D eigenvalue weighted by Crippen LogP contribution is 2.27. The van der Waals surface area contributed by atoms with Crippen LogP contribution in [0.5, 0.6) is 0 Å². The molecule has 1 aromatic carbocycles. The van der Waals surface area contributed by atoms with Crippen LogP contribution in [0.15, 0.2) is 23.1 Å². The number of benzene rings is 1. The molecule has 16 heavy (non-hydrogen) atoms. The van der Waals surface area contributed by atoms with E-state index in [4.69, 9.17) is 5.73 Å². The van der Waals surface area contributed by atoms with Crippen LogP contribution in [0.25, 0.3) is 0 Å². The average molecular weight is 247 g/mol. The van der Waals surface area contributed by atoms with E-state index >= 15 is 0 Å². The second kappa shape index (κ2) is 5.69. The van der Waals surface area contributed by atoms with Crippen LogP contribution >= 0.6 is 11.8 Å². The molecular weight excluding hydrogens is 236 g/mol. The van der Waals surface area contributed by atoms with Crippen molar-refractivity contribution in [3.63, 3.8) is 0 Å². The number of halogens is 2. The third-order valence-electron chi connectivity index (χ3n) is 1.68. The average Bonchev–Trinajstić information content (AvgIpc) is 2.24. The second-order valence-electron chi connectivity index (χ2n) is 2.87. The van der Waals surface area contributed by atoms with E-state index in [0.717, 1.165) is 6.07 Å². The third-order valence-corrected chi connectivity index (χ3v) is 2.61. The number of ether oxygens (including phenoxy) is 1. The van der Waals surface area contributed by atoms with Gasteiger partial charge < -0.3 is 10.5 Å². The Bertz CT molecular complexity index is 387. The van der Waals surface area contributed by atoms with E-state index in [-0.39, 0.29) is 17.2 Å². The van der Waals surface area contributed by atoms with E-state index in [9.17, 15) is 13.6 Å². The molecule has 0 saturated heterocycles. The van der Waals surface area contributed by atoms with Gasteiger partial charge in [-0.25, -0.2) is 13.6 Å². The van der Waals surface area contributed by atoms with Gasteiger partial charge in [-0.15, -0.1) is 0 Å². The zero-order valence-corrected chi connectivity index (χ0v) is 9.39. The minimum atomic E-state index is -1.86. The summed E-state index contributed by atoms with van der Waals surface area (Å²) in [5.74, 6) is -1.61. The summed E-state index contributed by atoms with van der Waals surface area (Å²) >= 11 is 0.578. The molecule has 0 heterocycles. The number of nitrogens with two attached hydrogens (primary N) is 1. The van der Waals surface area contributed by atoms with Gasteiger partial charge in [-0.2, -0.15) is 0 Å². The summed E-state index contributed by atoms with van der Waals surface area (Å²) in [6, 6.07) is 3.83. The van der Waals surface area contributed by atoms with Crippen molar-refractivity contribution in [1.82, 2.24) is 0 Å². The molecule has 1 unspecified atom stereocenters. The smallest absolute Gasteiger partial charge is 0.351 e. The van der Waals surface area contributed by atoms with Crippen molar-refractivity contribution in [2.75, 3.05) is 12.3 Å². The lowest BCUT2D eigenvalue weighted by Gasteiger charge is -2.07. The monoisotopic (exact) mass is 247 g/mol. The number of hydrogen-bond acceptors (Lipinski definition) is 4. The van der Waals surface area contributed by atoms with Crippen molar-refractivity contribution >= 4 is 23.4 Å². The van der Waals surface area contributed by atoms with Crippen LogP contribution in [-0.2, 0) is 9.53 Å². The molecule has 88 valence electrons. The molecule has 0 aliphatic rings. The molecule has 0 spiro atoms. The highest BCUT2D eigenvalue weighted by molar-refractivity contribution is 8.00. The van der Waals surface area contributed by atoms with E-state index in [0.29, 0.717) is 11.8 Å². The summed E-state index contributed by atoms with van der Waals surface area (Å²) in [4.78, 5) is 11.2. The molecule has 2 N–H and O–H groups in total. The lowest BCUT2D eigenvalue weighted by Crippen LogP contribution is -2.15. The number of carbonyl (C=O) groups excluding carboxylic acids is 1. The normalized spacial score (nSPS) is 12.2. The minimum absolute atomic E-state index is 0.0177. The maximum absolute atomic E-state index is 13.2. The lowest BCUT2D eigenvalue weighted by molar-refractivity contribution is -0.145. The molecule has 0 bridgehead atoms. The molecule has 0 radical (unpaired) electrons. The largest absolute Gasteiger partial charge is 0.463 e. The number of esters is 1. The van der Waals surface area contributed by atoms with Crippen LogP contribution in [0.2, 0.25) is 0 Å². The van der Waals surface area contributed by atoms with Crippen molar-refractivity contribution < 1.29 is 18.3 Å². The minimum Gasteiger partial charge on any atom is -0.463 e. The standard InChI is InChI=1S/C10H11F2NO2S/c1-2-15-10(14)9(12)16-6-3-4-8(13)7(11)5-6/h3-5,9H,2,13H2,1H3. The van der Waals surface area contributed by atoms with Crippen LogP contribution in [-0.4, -0.2) is 18.1 Å². The first-order valence-corrected chi connectivity index (χ1v) is 5.45. The first-order valence-electron chi connectivity index (χ1n) is 4.57. The Morgan fingerprint density at radius 3 is 2.88 bits per heavy atom. The first-order chi connectivity index (χ1) is 7.54. The van der Waals surface area contributed by atoms with Crippen LogP contribution < -0.4 is 5.73 Å². The fourth-order valence-corrected chi connectivity index (χ4v) is 1.68. The Balaban J connectivity index is 2.66. The summed E-state index contributed by atoms with van der Waals surface area (Å²) in [6.07, 6.45) is 0. The fourth-order valence-electron chi connectivity index (χ4n) is 0.957. The maximum Gasteiger partial charge on any atom is 0.351 e. The van der Waals surface area contributed by atoms with Gasteiger partial charge in [0.15, 0.2) is 0 Å². The summed E-state index contributed by atoms with van der Waals surface area (Å²) in [5.41, 5.74) is 3.38. The van der Waals surface area contributed by atoms with Gasteiger partial charge in [0, 0.05) is 4.90 Å². The van der Waals surface area contributed by atoms with E-state index in [2.05, 4.69) is 4.74 Å². The molecule has 0 aliphatic carbocycles. The van der Waals surface area contributed by atoms with E-state index in [1.54, 1.807) is 6.92 Å². The Morgan fingerprint density at radius 1 is 1.62 bits per heavy atom. The van der Waals surface area contributed by atoms with Gasteiger partial charge >= 0.3 is 5.97 Å². The van der Waals surface area contributed by atoms with Gasteiger partial charge in [0.25, 0.3) is 0 Å². The molecule has 0 aliphatic heterocycles. The number of carbonyl (C=O) groups is 1. The summed E-state index contributed by atoms with van der Waals surface area (Å²) < 4.78 is 30.7. The predicted molar refractivity (Wildman–Crippen MR) is 58.2 cm³/mol. The molecule has 6 heteroatoms. The third kappa shape index (κ3) is 3.37. The molecule has 0 saturated carbocycles. The van der Waals surface area contributed by atoms with Crippen molar-refractivity contribution in [3.05, 3.63) is 24.0 Å². The van der Waals surface area contributed by atoms with Gasteiger partial charge in [-0.3, -0.25) is 0 Å². The Kier molecular flexibility index (Phi) is 4.54. The van der Waals surface area contributed by atoms with Gasteiger partial charge in [-0.05, 0) is 25.1 Å². The number of hydrogen-bond donors (Lipinski definition) is 1. The van der Waals surface area contributed by atoms with Gasteiger partial charge in [0.1, 0.15) is 5.82 Å². The predicted octanol–water partition coefficient (Wildman–Crippen LogP) is 2.36. The SMILES string of the molecule is CCOC(=O)C(F)Sc1ccc(N)c(F)c1. The number of thioether (sulfide) groups is 1. The molecule has 0 fully saturated rings. The van der Waals surface area contributed by atoms with E-state index < -0.39 is 17.3 Å². The summed E-state index contributed by atoms with van der Waals surface area (Å²) in [6.45, 7) is 1.69. The van der Waals surface area contributed by atoms with Crippen LogP contribution in [0, 0.1) is 5.82 Å². The molecule has 1 rings (SSSR count). The highest BCUT2D eigenvalue weighted by atomic mass is 32.2. The maximum atomic E-state index is 13.2. The molecule has 3 nitrogen and oxygen atoms in total. The fraction of sp³-hybridized carbons (Fsp3) is 0.300. The zero-order valence-electron chi connectivity index (χ0n) is 8.57. The van der Waals surface area contributed by atoms with Crippen molar-refractivity contribution in [3.8, 4) is 0 Å². The molecule has 1 atom stereocenters. The van der Waals surface area contributed by atoms with Crippen LogP contribution in [0.4, 0.5) is 14.5 Å². The Labute approximate surface area is 96.0 Å². The lowest BCUT2D eigenvalue weighted by atomic mass is 10.3. The first kappa shape index (κ1) is 12.8. The van der Waals surface area contributed by atoms with Crippen molar-refractivity contribution in [2.24, 2.45) is 0 Å². The van der Waals surface area contributed by atoms with Crippen molar-refractivity contribution in [2.45, 2.75) is 17.3 Å². The Hall–Kier alpha value is -1.30. The topological polar surface area (TPSA) is 52.3 Å². The summed E-state index contributed by atoms with van der Waals surface area (Å²) in [5, 5.41) is 0. The van der Waals surface area contributed by atoms with Crippen molar-refractivity contribution in [1.29, 1.82) is 0 Å². The van der Waals surface area contributed by atoms with Gasteiger partial charge in [0.2, 0.25) is 5.50 Å². The van der Waals surface area contributed by atoms with Crippen LogP contribution in [0.1, 0.15) is 6.92 Å². The Morgan fingerprint density at radius 2 is 2.31 bits per heavy atom. The van der Waals surface area contributed by atoms with Gasteiger partial charge in [0.05, 0.1) is 12.3 Å². The number of anilines is 1. The summed E-state index contributed by atoms with van der Waals surface area (Å²) in [7, 11) is 0. The van der Waals surface area contributed by atoms with E-state index in [1.165, 1.54) is 12.1 Å². The molecule has 0 amide bonds. The van der Waals surface area contributed by atoms with Gasteiger partial charge in [-0.1, -0.05) is 11.8 Å². The van der Waals surface area contributed by atoms with E-state index in [1.807, 2.05) is 0 Å². The number of rotatable bonds is 4. The second-order valence-corrected chi connectivity index (χ2v) is 3.99. The quantitative estimate of drug-likeness (QED) is 0.504. The number of nitrogen functional groups attached to an aromatic ring is 1. The molecule has 0 aromatic heterocycles. The molecule has 1 aromatic rings. The zero-order chi connectivity index (χ0) is 12.1.